The van der Waals surface area contributed by atoms with Crippen molar-refractivity contribution >= 4 is 11.8 Å². The third-order valence-corrected chi connectivity index (χ3v) is 4.98. The summed E-state index contributed by atoms with van der Waals surface area (Å²) in [6, 6.07) is 0.337. The maximum atomic E-state index is 10.5. The Kier molecular flexibility index (Phi) is 3.10. The van der Waals surface area contributed by atoms with Crippen molar-refractivity contribution in [3.63, 3.8) is 0 Å². The zero-order valence-electron chi connectivity index (χ0n) is 9.12. The molecule has 2 saturated heterocycles. The van der Waals surface area contributed by atoms with Gasteiger partial charge in [-0.2, -0.15) is 11.8 Å². The highest BCUT2D eigenvalue weighted by atomic mass is 32.2. The van der Waals surface area contributed by atoms with E-state index in [9.17, 15) is 5.11 Å². The van der Waals surface area contributed by atoms with E-state index >= 15 is 0 Å². The molecular weight excluding hydrogens is 194 g/mol. The normalized spacial score (nSPS) is 49.5. The van der Waals surface area contributed by atoms with Crippen molar-refractivity contribution in [3.05, 3.63) is 0 Å². The molecule has 0 radical (unpaired) electrons. The van der Waals surface area contributed by atoms with E-state index in [-0.39, 0.29) is 0 Å². The molecular formula is C11H21NOS. The van der Waals surface area contributed by atoms with Crippen LogP contribution in [-0.2, 0) is 0 Å². The van der Waals surface area contributed by atoms with Crippen LogP contribution in [0.15, 0.2) is 0 Å². The number of hydrogen-bond acceptors (Lipinski definition) is 3. The number of thioether (sulfide) groups is 1. The van der Waals surface area contributed by atoms with Crippen molar-refractivity contribution in [2.45, 2.75) is 50.0 Å². The third kappa shape index (κ3) is 2.10. The second-order valence-corrected chi connectivity index (χ2v) is 6.49. The van der Waals surface area contributed by atoms with Gasteiger partial charge >= 0.3 is 0 Å². The molecule has 2 aliphatic rings. The maximum absolute atomic E-state index is 10.5. The Morgan fingerprint density at radius 2 is 2.21 bits per heavy atom. The summed E-state index contributed by atoms with van der Waals surface area (Å²) in [5.74, 6) is 1.68. The fourth-order valence-corrected chi connectivity index (χ4v) is 3.96. The first kappa shape index (κ1) is 10.8. The second-order valence-electron chi connectivity index (χ2n) is 5.07. The molecule has 0 aromatic carbocycles. The van der Waals surface area contributed by atoms with E-state index < -0.39 is 5.60 Å². The van der Waals surface area contributed by atoms with Crippen molar-refractivity contribution in [2.75, 3.05) is 12.3 Å². The highest BCUT2D eigenvalue weighted by molar-refractivity contribution is 8.00. The molecule has 2 fully saturated rings. The van der Waals surface area contributed by atoms with Crippen LogP contribution in [0.2, 0.25) is 0 Å². The Hall–Kier alpha value is 0.270. The Balaban J connectivity index is 1.99. The zero-order chi connectivity index (χ0) is 10.2. The van der Waals surface area contributed by atoms with Gasteiger partial charge in [0.15, 0.2) is 0 Å². The molecule has 0 amide bonds. The molecule has 0 aromatic heterocycles. The fourth-order valence-electron chi connectivity index (χ4n) is 2.66. The standard InChI is InChI=1S/C11H21NOS/c1-8-3-4-12-10(5-8)11(13)6-9(2)14-7-11/h8-10,12-13H,3-7H2,1-2H3. The molecule has 4 unspecified atom stereocenters. The maximum Gasteiger partial charge on any atom is 0.0900 e. The summed E-state index contributed by atoms with van der Waals surface area (Å²) in [7, 11) is 0. The van der Waals surface area contributed by atoms with E-state index in [0.29, 0.717) is 11.3 Å². The first-order valence-electron chi connectivity index (χ1n) is 5.67. The van der Waals surface area contributed by atoms with E-state index in [2.05, 4.69) is 19.2 Å². The molecule has 0 bridgehead atoms. The lowest BCUT2D eigenvalue weighted by molar-refractivity contribution is 0.00667. The van der Waals surface area contributed by atoms with Gasteiger partial charge in [0.25, 0.3) is 0 Å². The van der Waals surface area contributed by atoms with Crippen molar-refractivity contribution in [3.8, 4) is 0 Å². The number of aliphatic hydroxyl groups is 1. The zero-order valence-corrected chi connectivity index (χ0v) is 9.94. The number of hydrogen-bond donors (Lipinski definition) is 2. The summed E-state index contributed by atoms with van der Waals surface area (Å²) < 4.78 is 0. The molecule has 14 heavy (non-hydrogen) atoms. The highest BCUT2D eigenvalue weighted by Gasteiger charge is 2.43. The molecule has 3 heteroatoms. The van der Waals surface area contributed by atoms with Crippen LogP contribution in [0, 0.1) is 5.92 Å². The third-order valence-electron chi connectivity index (χ3n) is 3.57. The molecule has 0 aromatic rings. The van der Waals surface area contributed by atoms with Gasteiger partial charge in [-0.25, -0.2) is 0 Å². The van der Waals surface area contributed by atoms with E-state index in [0.717, 1.165) is 31.1 Å². The predicted octanol–water partition coefficient (Wildman–Crippen LogP) is 1.63. The Labute approximate surface area is 90.8 Å². The van der Waals surface area contributed by atoms with Crippen LogP contribution in [0.25, 0.3) is 0 Å². The van der Waals surface area contributed by atoms with Crippen LogP contribution < -0.4 is 5.32 Å². The van der Waals surface area contributed by atoms with Gasteiger partial charge in [0.05, 0.1) is 5.60 Å². The van der Waals surface area contributed by atoms with Gasteiger partial charge in [-0.15, -0.1) is 0 Å². The highest BCUT2D eigenvalue weighted by Crippen LogP contribution is 2.39. The average Bonchev–Trinajstić information content (AvgIpc) is 2.48. The van der Waals surface area contributed by atoms with Gasteiger partial charge in [0.1, 0.15) is 0 Å². The van der Waals surface area contributed by atoms with Gasteiger partial charge in [0, 0.05) is 17.0 Å². The van der Waals surface area contributed by atoms with Crippen LogP contribution in [0.3, 0.4) is 0 Å². The van der Waals surface area contributed by atoms with Gasteiger partial charge in [-0.05, 0) is 31.7 Å². The van der Waals surface area contributed by atoms with Gasteiger partial charge in [-0.1, -0.05) is 13.8 Å². The monoisotopic (exact) mass is 215 g/mol. The molecule has 2 N–H and O–H groups in total. The van der Waals surface area contributed by atoms with Crippen molar-refractivity contribution < 1.29 is 5.11 Å². The molecule has 0 saturated carbocycles. The van der Waals surface area contributed by atoms with Crippen LogP contribution in [0.4, 0.5) is 0 Å². The topological polar surface area (TPSA) is 32.3 Å². The van der Waals surface area contributed by atoms with Crippen LogP contribution in [-0.4, -0.2) is 34.3 Å². The molecule has 0 aliphatic carbocycles. The Morgan fingerprint density at radius 3 is 2.79 bits per heavy atom. The molecule has 2 nitrogen and oxygen atoms in total. The summed E-state index contributed by atoms with van der Waals surface area (Å²) in [6.07, 6.45) is 3.36. The van der Waals surface area contributed by atoms with Crippen molar-refractivity contribution in [1.29, 1.82) is 0 Å². The first-order chi connectivity index (χ1) is 6.60. The van der Waals surface area contributed by atoms with Gasteiger partial charge in [0.2, 0.25) is 0 Å². The summed E-state index contributed by atoms with van der Waals surface area (Å²) in [5, 5.41) is 14.6. The minimum atomic E-state index is -0.432. The Morgan fingerprint density at radius 1 is 1.43 bits per heavy atom. The van der Waals surface area contributed by atoms with E-state index in [1.165, 1.54) is 6.42 Å². The Bertz CT molecular complexity index is 211. The van der Waals surface area contributed by atoms with Crippen LogP contribution >= 0.6 is 11.8 Å². The summed E-state index contributed by atoms with van der Waals surface area (Å²) in [6.45, 7) is 5.59. The second kappa shape index (κ2) is 4.03. The van der Waals surface area contributed by atoms with Gasteiger partial charge in [-0.3, -0.25) is 0 Å². The molecule has 82 valence electrons. The summed E-state index contributed by atoms with van der Waals surface area (Å²) in [5.41, 5.74) is -0.432. The van der Waals surface area contributed by atoms with Crippen molar-refractivity contribution in [1.82, 2.24) is 5.32 Å². The largest absolute Gasteiger partial charge is 0.387 e. The lowest BCUT2D eigenvalue weighted by atomic mass is 9.82. The number of nitrogens with one attached hydrogen (secondary N) is 1. The molecule has 2 rings (SSSR count). The SMILES string of the molecule is CC1CCNC(C2(O)CSC(C)C2)C1. The van der Waals surface area contributed by atoms with Crippen LogP contribution in [0.1, 0.15) is 33.1 Å². The molecule has 4 atom stereocenters. The van der Waals surface area contributed by atoms with Crippen molar-refractivity contribution in [2.24, 2.45) is 5.92 Å². The van der Waals surface area contributed by atoms with E-state index in [1.54, 1.807) is 0 Å². The quantitative estimate of drug-likeness (QED) is 0.697. The first-order valence-corrected chi connectivity index (χ1v) is 6.72. The fraction of sp³-hybridized carbons (Fsp3) is 1.00. The minimum Gasteiger partial charge on any atom is -0.387 e. The summed E-state index contributed by atoms with van der Waals surface area (Å²) >= 11 is 1.91. The van der Waals surface area contributed by atoms with Crippen LogP contribution in [0.5, 0.6) is 0 Å². The van der Waals surface area contributed by atoms with Gasteiger partial charge < -0.3 is 10.4 Å². The summed E-state index contributed by atoms with van der Waals surface area (Å²) in [4.78, 5) is 0. The number of piperidine rings is 1. The average molecular weight is 215 g/mol. The van der Waals surface area contributed by atoms with E-state index in [1.807, 2.05) is 11.8 Å². The predicted molar refractivity (Wildman–Crippen MR) is 61.7 cm³/mol. The lowest BCUT2D eigenvalue weighted by Gasteiger charge is -2.38. The lowest BCUT2D eigenvalue weighted by Crippen LogP contribution is -2.54. The minimum absolute atomic E-state index is 0.337. The smallest absolute Gasteiger partial charge is 0.0900 e. The van der Waals surface area contributed by atoms with E-state index in [4.69, 9.17) is 0 Å². The molecule has 2 aliphatic heterocycles. The number of rotatable bonds is 1. The molecule has 0 spiro atoms. The molecule has 2 heterocycles.